The van der Waals surface area contributed by atoms with Crippen molar-refractivity contribution in [2.75, 3.05) is 18.1 Å². The predicted octanol–water partition coefficient (Wildman–Crippen LogP) is 2.46. The van der Waals surface area contributed by atoms with E-state index in [2.05, 4.69) is 10.6 Å². The van der Waals surface area contributed by atoms with Gasteiger partial charge in [0, 0.05) is 19.0 Å². The molecule has 3 N–H and O–H groups in total. The van der Waals surface area contributed by atoms with Crippen molar-refractivity contribution in [2.24, 2.45) is 5.41 Å². The number of carboxylic acids is 1. The van der Waals surface area contributed by atoms with E-state index in [9.17, 15) is 9.59 Å². The van der Waals surface area contributed by atoms with Crippen LogP contribution < -0.4 is 10.6 Å². The van der Waals surface area contributed by atoms with E-state index >= 15 is 0 Å². The van der Waals surface area contributed by atoms with Gasteiger partial charge in [0.25, 0.3) is 0 Å². The van der Waals surface area contributed by atoms with Crippen LogP contribution in [-0.2, 0) is 4.79 Å². The maximum absolute atomic E-state index is 11.7. The molecule has 0 aromatic heterocycles. The number of nitrogens with one attached hydrogen (secondary N) is 2. The lowest BCUT2D eigenvalue weighted by Gasteiger charge is -2.25. The Bertz CT molecular complexity index is 328. The van der Waals surface area contributed by atoms with E-state index in [0.29, 0.717) is 19.0 Å². The van der Waals surface area contributed by atoms with Crippen LogP contribution in [0.2, 0.25) is 0 Å². The average molecular weight is 302 g/mol. The van der Waals surface area contributed by atoms with Crippen LogP contribution in [0.15, 0.2) is 0 Å². The normalized spacial score (nSPS) is 16.7. The Balaban J connectivity index is 2.15. The minimum absolute atomic E-state index is 0.0624. The van der Waals surface area contributed by atoms with E-state index in [1.54, 1.807) is 0 Å². The SMILES string of the molecule is CC(C)(CCNC(=O)NC1CCSCC1)CCC(=O)O. The van der Waals surface area contributed by atoms with Gasteiger partial charge in [0.15, 0.2) is 0 Å². The minimum Gasteiger partial charge on any atom is -0.481 e. The summed E-state index contributed by atoms with van der Waals surface area (Å²) in [6, 6.07) is 0.201. The number of carbonyl (C=O) groups excluding carboxylic acids is 1. The fourth-order valence-electron chi connectivity index (χ4n) is 2.16. The molecule has 1 aliphatic heterocycles. The number of aliphatic carboxylic acids is 1. The van der Waals surface area contributed by atoms with Gasteiger partial charge in [-0.3, -0.25) is 4.79 Å². The third-order valence-electron chi connectivity index (χ3n) is 3.66. The molecule has 1 saturated heterocycles. The maximum atomic E-state index is 11.7. The first kappa shape index (κ1) is 17.1. The fraction of sp³-hybridized carbons (Fsp3) is 0.857. The van der Waals surface area contributed by atoms with Gasteiger partial charge in [-0.05, 0) is 42.6 Å². The molecule has 0 unspecified atom stereocenters. The zero-order valence-corrected chi connectivity index (χ0v) is 13.2. The van der Waals surface area contributed by atoms with Gasteiger partial charge in [0.2, 0.25) is 0 Å². The second-order valence-corrected chi connectivity index (χ2v) is 7.32. The van der Waals surface area contributed by atoms with Crippen molar-refractivity contribution in [3.8, 4) is 0 Å². The van der Waals surface area contributed by atoms with Crippen LogP contribution in [0.4, 0.5) is 4.79 Å². The summed E-state index contributed by atoms with van der Waals surface area (Å²) in [6.07, 6.45) is 3.68. The highest BCUT2D eigenvalue weighted by Gasteiger charge is 2.20. The van der Waals surface area contributed by atoms with Gasteiger partial charge in [-0.15, -0.1) is 0 Å². The summed E-state index contributed by atoms with van der Waals surface area (Å²) in [5.74, 6) is 1.47. The van der Waals surface area contributed by atoms with Crippen LogP contribution >= 0.6 is 11.8 Å². The van der Waals surface area contributed by atoms with Gasteiger partial charge in [-0.25, -0.2) is 4.79 Å². The van der Waals surface area contributed by atoms with Crippen LogP contribution in [0.3, 0.4) is 0 Å². The Labute approximate surface area is 125 Å². The van der Waals surface area contributed by atoms with Crippen molar-refractivity contribution in [1.29, 1.82) is 0 Å². The Morgan fingerprint density at radius 1 is 1.25 bits per heavy atom. The van der Waals surface area contributed by atoms with Crippen molar-refractivity contribution in [2.45, 2.75) is 52.0 Å². The van der Waals surface area contributed by atoms with Crippen LogP contribution in [0, 0.1) is 5.41 Å². The average Bonchev–Trinajstić information content (AvgIpc) is 2.37. The molecule has 20 heavy (non-hydrogen) atoms. The molecule has 0 radical (unpaired) electrons. The molecule has 0 spiro atoms. The van der Waals surface area contributed by atoms with E-state index in [4.69, 9.17) is 5.11 Å². The third kappa shape index (κ3) is 7.62. The lowest BCUT2D eigenvalue weighted by atomic mass is 9.84. The molecular weight excluding hydrogens is 276 g/mol. The molecule has 0 bridgehead atoms. The molecule has 0 aromatic carbocycles. The summed E-state index contributed by atoms with van der Waals surface area (Å²) in [6.45, 7) is 4.65. The monoisotopic (exact) mass is 302 g/mol. The van der Waals surface area contributed by atoms with E-state index in [-0.39, 0.29) is 17.9 Å². The first-order valence-corrected chi connectivity index (χ1v) is 8.38. The topological polar surface area (TPSA) is 78.4 Å². The van der Waals surface area contributed by atoms with Gasteiger partial charge in [0.05, 0.1) is 0 Å². The smallest absolute Gasteiger partial charge is 0.315 e. The highest BCUT2D eigenvalue weighted by atomic mass is 32.2. The number of hydrogen-bond acceptors (Lipinski definition) is 3. The number of carboxylic acid groups (broad SMARTS) is 1. The Morgan fingerprint density at radius 2 is 1.90 bits per heavy atom. The van der Waals surface area contributed by atoms with Crippen LogP contribution in [0.25, 0.3) is 0 Å². The van der Waals surface area contributed by atoms with Crippen molar-refractivity contribution in [3.63, 3.8) is 0 Å². The second kappa shape index (κ2) is 8.39. The molecule has 116 valence electrons. The molecule has 6 heteroatoms. The second-order valence-electron chi connectivity index (χ2n) is 6.09. The summed E-state index contributed by atoms with van der Waals surface area (Å²) in [7, 11) is 0. The quantitative estimate of drug-likeness (QED) is 0.675. The molecular formula is C14H26N2O3S. The number of amides is 2. The summed E-state index contributed by atoms with van der Waals surface area (Å²) in [5.41, 5.74) is -0.0624. The Hall–Kier alpha value is -0.910. The highest BCUT2D eigenvalue weighted by Crippen LogP contribution is 2.26. The third-order valence-corrected chi connectivity index (χ3v) is 4.71. The predicted molar refractivity (Wildman–Crippen MR) is 82.1 cm³/mol. The molecule has 1 heterocycles. The molecule has 0 aromatic rings. The summed E-state index contributed by atoms with van der Waals surface area (Å²) in [5, 5.41) is 14.6. The van der Waals surface area contributed by atoms with Gasteiger partial charge >= 0.3 is 12.0 Å². The minimum atomic E-state index is -0.765. The standard InChI is InChI=1S/C14H26N2O3S/c1-14(2,6-3-12(17)18)7-8-15-13(19)16-11-4-9-20-10-5-11/h11H,3-10H2,1-2H3,(H,17,18)(H2,15,16,19). The lowest BCUT2D eigenvalue weighted by molar-refractivity contribution is -0.137. The molecule has 1 aliphatic rings. The van der Waals surface area contributed by atoms with Crippen molar-refractivity contribution >= 4 is 23.8 Å². The Kier molecular flexibility index (Phi) is 7.19. The van der Waals surface area contributed by atoms with E-state index in [1.165, 1.54) is 0 Å². The molecule has 0 atom stereocenters. The first-order chi connectivity index (χ1) is 9.39. The summed E-state index contributed by atoms with van der Waals surface area (Å²) < 4.78 is 0. The fourth-order valence-corrected chi connectivity index (χ4v) is 3.27. The molecule has 1 rings (SSSR count). The molecule has 5 nitrogen and oxygen atoms in total. The van der Waals surface area contributed by atoms with Gasteiger partial charge < -0.3 is 15.7 Å². The van der Waals surface area contributed by atoms with Crippen LogP contribution in [0.5, 0.6) is 0 Å². The van der Waals surface area contributed by atoms with Crippen molar-refractivity contribution < 1.29 is 14.7 Å². The van der Waals surface area contributed by atoms with Gasteiger partial charge in [-0.1, -0.05) is 13.8 Å². The number of thioether (sulfide) groups is 1. The summed E-state index contributed by atoms with van der Waals surface area (Å²) >= 11 is 1.94. The number of rotatable bonds is 7. The molecule has 2 amide bonds. The molecule has 1 fully saturated rings. The van der Waals surface area contributed by atoms with E-state index in [0.717, 1.165) is 30.8 Å². The van der Waals surface area contributed by atoms with E-state index < -0.39 is 5.97 Å². The van der Waals surface area contributed by atoms with E-state index in [1.807, 2.05) is 25.6 Å². The zero-order chi connectivity index (χ0) is 15.0. The van der Waals surface area contributed by atoms with Gasteiger partial charge in [0.1, 0.15) is 0 Å². The maximum Gasteiger partial charge on any atom is 0.315 e. The highest BCUT2D eigenvalue weighted by molar-refractivity contribution is 7.99. The summed E-state index contributed by atoms with van der Waals surface area (Å²) in [4.78, 5) is 22.3. The van der Waals surface area contributed by atoms with Crippen molar-refractivity contribution in [1.82, 2.24) is 10.6 Å². The van der Waals surface area contributed by atoms with Crippen molar-refractivity contribution in [3.05, 3.63) is 0 Å². The first-order valence-electron chi connectivity index (χ1n) is 7.23. The van der Waals surface area contributed by atoms with Crippen LogP contribution in [-0.4, -0.2) is 41.2 Å². The largest absolute Gasteiger partial charge is 0.481 e. The van der Waals surface area contributed by atoms with Crippen LogP contribution in [0.1, 0.15) is 46.0 Å². The lowest BCUT2D eigenvalue weighted by Crippen LogP contribution is -2.44. The zero-order valence-electron chi connectivity index (χ0n) is 12.4. The number of carbonyl (C=O) groups is 2. The van der Waals surface area contributed by atoms with Gasteiger partial charge in [-0.2, -0.15) is 11.8 Å². The Morgan fingerprint density at radius 3 is 2.50 bits per heavy atom. The molecule has 0 saturated carbocycles. The number of hydrogen-bond donors (Lipinski definition) is 3. The number of urea groups is 1. The molecule has 0 aliphatic carbocycles.